The van der Waals surface area contributed by atoms with Crippen LogP contribution >= 0.6 is 11.8 Å². The molecule has 32 heavy (non-hydrogen) atoms. The fourth-order valence-electron chi connectivity index (χ4n) is 3.12. The van der Waals surface area contributed by atoms with Gasteiger partial charge in [-0.3, -0.25) is 9.55 Å². The summed E-state index contributed by atoms with van der Waals surface area (Å²) in [5.74, 6) is -0.849. The molecule has 2 heterocycles. The predicted octanol–water partition coefficient (Wildman–Crippen LogP) is 6.06. The van der Waals surface area contributed by atoms with Gasteiger partial charge in [-0.2, -0.15) is 13.2 Å². The molecule has 4 aromatic rings. The molecule has 0 unspecified atom stereocenters. The van der Waals surface area contributed by atoms with Crippen LogP contribution in [0.3, 0.4) is 0 Å². The van der Waals surface area contributed by atoms with Crippen molar-refractivity contribution >= 4 is 11.8 Å². The summed E-state index contributed by atoms with van der Waals surface area (Å²) in [6.45, 7) is -1.29. The van der Waals surface area contributed by atoms with Gasteiger partial charge in [-0.25, -0.2) is 8.78 Å². The van der Waals surface area contributed by atoms with Crippen LogP contribution in [0, 0.1) is 11.6 Å². The first kappa shape index (κ1) is 21.9. The number of hydrogen-bond acceptors (Lipinski definition) is 4. The lowest BCUT2D eigenvalue weighted by atomic mass is 10.0. The lowest BCUT2D eigenvalue weighted by molar-refractivity contribution is -0.141. The third-order valence-electron chi connectivity index (χ3n) is 4.56. The Kier molecular flexibility index (Phi) is 6.22. The number of rotatable bonds is 6. The molecule has 4 rings (SSSR count). The highest BCUT2D eigenvalue weighted by atomic mass is 32.2. The zero-order chi connectivity index (χ0) is 22.7. The Hall–Kier alpha value is -3.27. The molecule has 4 nitrogen and oxygen atoms in total. The third kappa shape index (κ3) is 5.13. The zero-order valence-corrected chi connectivity index (χ0v) is 17.1. The Labute approximate surface area is 184 Å². The van der Waals surface area contributed by atoms with Gasteiger partial charge in [0.25, 0.3) is 0 Å². The van der Waals surface area contributed by atoms with E-state index in [1.807, 2.05) is 0 Å². The van der Waals surface area contributed by atoms with Crippen molar-refractivity contribution in [2.24, 2.45) is 0 Å². The molecular formula is C22H15F5N4S. The van der Waals surface area contributed by atoms with Crippen LogP contribution in [0.1, 0.15) is 16.4 Å². The van der Waals surface area contributed by atoms with Crippen molar-refractivity contribution in [3.05, 3.63) is 95.8 Å². The summed E-state index contributed by atoms with van der Waals surface area (Å²) in [5.41, 5.74) is 1.67. The minimum absolute atomic E-state index is 0.0211. The highest BCUT2D eigenvalue weighted by molar-refractivity contribution is 7.99. The van der Waals surface area contributed by atoms with Crippen molar-refractivity contribution in [1.82, 2.24) is 19.7 Å². The first-order chi connectivity index (χ1) is 15.3. The molecular weight excluding hydrogens is 447 g/mol. The van der Waals surface area contributed by atoms with Crippen LogP contribution in [0.25, 0.3) is 11.4 Å². The maximum absolute atomic E-state index is 13.5. The Morgan fingerprint density at radius 3 is 1.81 bits per heavy atom. The monoisotopic (exact) mass is 462 g/mol. The lowest BCUT2D eigenvalue weighted by Crippen LogP contribution is -2.19. The summed E-state index contributed by atoms with van der Waals surface area (Å²) in [5, 5.41) is 7.44. The number of halogens is 5. The molecule has 0 bridgehead atoms. The second-order valence-electron chi connectivity index (χ2n) is 6.84. The summed E-state index contributed by atoms with van der Waals surface area (Å²) in [7, 11) is 0. The Balaban J connectivity index is 1.78. The Morgan fingerprint density at radius 1 is 0.781 bits per heavy atom. The molecule has 164 valence electrons. The molecule has 0 aliphatic heterocycles. The highest BCUT2D eigenvalue weighted by Gasteiger charge is 2.32. The molecule has 0 saturated carbocycles. The molecule has 0 atom stereocenters. The molecule has 2 aromatic heterocycles. The van der Waals surface area contributed by atoms with E-state index in [1.54, 1.807) is 12.1 Å². The van der Waals surface area contributed by atoms with E-state index in [0.29, 0.717) is 16.7 Å². The number of nitrogens with zero attached hydrogens (tertiary/aromatic N) is 4. The summed E-state index contributed by atoms with van der Waals surface area (Å²) in [6, 6.07) is 14.3. The van der Waals surface area contributed by atoms with E-state index in [9.17, 15) is 22.0 Å². The van der Waals surface area contributed by atoms with E-state index < -0.39 is 29.6 Å². The van der Waals surface area contributed by atoms with Gasteiger partial charge < -0.3 is 0 Å². The van der Waals surface area contributed by atoms with E-state index in [-0.39, 0.29) is 11.0 Å². The fourth-order valence-corrected chi connectivity index (χ4v) is 4.28. The van der Waals surface area contributed by atoms with E-state index in [1.165, 1.54) is 60.9 Å². The second kappa shape index (κ2) is 9.07. The maximum atomic E-state index is 13.5. The van der Waals surface area contributed by atoms with Crippen LogP contribution in [0.15, 0.2) is 78.2 Å². The highest BCUT2D eigenvalue weighted by Crippen LogP contribution is 2.41. The maximum Gasteiger partial charge on any atom is 0.406 e. The van der Waals surface area contributed by atoms with E-state index in [0.717, 1.165) is 16.3 Å². The van der Waals surface area contributed by atoms with Crippen LogP contribution in [0.5, 0.6) is 0 Å². The molecule has 2 aromatic carbocycles. The molecule has 0 N–H and O–H groups in total. The van der Waals surface area contributed by atoms with Crippen molar-refractivity contribution in [1.29, 1.82) is 0 Å². The molecule has 0 aliphatic carbocycles. The number of alkyl halides is 3. The van der Waals surface area contributed by atoms with Crippen molar-refractivity contribution in [3.8, 4) is 11.4 Å². The average Bonchev–Trinajstić information content (AvgIpc) is 3.14. The van der Waals surface area contributed by atoms with Gasteiger partial charge in [0.1, 0.15) is 18.2 Å². The molecule has 0 amide bonds. The van der Waals surface area contributed by atoms with Crippen molar-refractivity contribution in [2.75, 3.05) is 0 Å². The Bertz CT molecular complexity index is 1130. The topological polar surface area (TPSA) is 43.6 Å². The minimum Gasteiger partial charge on any atom is -0.293 e. The van der Waals surface area contributed by atoms with Gasteiger partial charge in [-0.05, 0) is 47.5 Å². The summed E-state index contributed by atoms with van der Waals surface area (Å²) < 4.78 is 68.1. The van der Waals surface area contributed by atoms with Crippen LogP contribution < -0.4 is 0 Å². The Morgan fingerprint density at radius 2 is 1.31 bits per heavy atom. The number of aromatic nitrogens is 4. The van der Waals surface area contributed by atoms with Crippen LogP contribution in [0.4, 0.5) is 22.0 Å². The first-order valence-corrected chi connectivity index (χ1v) is 10.3. The smallest absolute Gasteiger partial charge is 0.293 e. The number of pyridine rings is 1. The summed E-state index contributed by atoms with van der Waals surface area (Å²) in [6.07, 6.45) is -1.61. The van der Waals surface area contributed by atoms with Crippen molar-refractivity contribution in [2.45, 2.75) is 23.1 Å². The van der Waals surface area contributed by atoms with E-state index >= 15 is 0 Å². The van der Waals surface area contributed by atoms with Crippen LogP contribution in [-0.4, -0.2) is 25.9 Å². The molecule has 0 saturated heterocycles. The molecule has 0 fully saturated rings. The van der Waals surface area contributed by atoms with Gasteiger partial charge in [0, 0.05) is 18.0 Å². The summed E-state index contributed by atoms with van der Waals surface area (Å²) >= 11 is 1.02. The third-order valence-corrected chi connectivity index (χ3v) is 5.85. The zero-order valence-electron chi connectivity index (χ0n) is 16.3. The lowest BCUT2D eigenvalue weighted by Gasteiger charge is -2.19. The molecule has 0 spiro atoms. The molecule has 0 radical (unpaired) electrons. The van der Waals surface area contributed by atoms with E-state index in [2.05, 4.69) is 15.2 Å². The SMILES string of the molecule is Fc1ccc(C(Sc2nnc(-c3ccncc3)n2CC(F)(F)F)c2ccc(F)cc2)cc1. The normalized spacial score (nSPS) is 11.8. The first-order valence-electron chi connectivity index (χ1n) is 9.38. The molecule has 0 aliphatic rings. The van der Waals surface area contributed by atoms with E-state index in [4.69, 9.17) is 0 Å². The van der Waals surface area contributed by atoms with Gasteiger partial charge in [-0.1, -0.05) is 36.0 Å². The van der Waals surface area contributed by atoms with Gasteiger partial charge in [-0.15, -0.1) is 10.2 Å². The fraction of sp³-hybridized carbons (Fsp3) is 0.136. The van der Waals surface area contributed by atoms with Gasteiger partial charge >= 0.3 is 6.18 Å². The number of benzene rings is 2. The molecule has 10 heteroatoms. The quantitative estimate of drug-likeness (QED) is 0.258. The standard InChI is InChI=1S/C22H15F5N4S/c23-17-5-1-14(2-6-17)19(15-3-7-18(24)8-4-15)32-21-30-29-20(16-9-11-28-12-10-16)31(21)13-22(25,26)27/h1-12,19H,13H2. The average molecular weight is 462 g/mol. The van der Waals surface area contributed by atoms with Crippen molar-refractivity contribution in [3.63, 3.8) is 0 Å². The summed E-state index contributed by atoms with van der Waals surface area (Å²) in [4.78, 5) is 3.88. The minimum atomic E-state index is -4.51. The predicted molar refractivity (Wildman–Crippen MR) is 110 cm³/mol. The largest absolute Gasteiger partial charge is 0.406 e. The van der Waals surface area contributed by atoms with Gasteiger partial charge in [0.05, 0.1) is 5.25 Å². The van der Waals surface area contributed by atoms with Gasteiger partial charge in [0.15, 0.2) is 11.0 Å². The van der Waals surface area contributed by atoms with Crippen molar-refractivity contribution < 1.29 is 22.0 Å². The van der Waals surface area contributed by atoms with Crippen LogP contribution in [0.2, 0.25) is 0 Å². The van der Waals surface area contributed by atoms with Crippen LogP contribution in [-0.2, 0) is 6.54 Å². The number of thioether (sulfide) groups is 1. The van der Waals surface area contributed by atoms with Gasteiger partial charge in [0.2, 0.25) is 0 Å². The second-order valence-corrected chi connectivity index (χ2v) is 7.92. The number of hydrogen-bond donors (Lipinski definition) is 0.